The van der Waals surface area contributed by atoms with E-state index in [1.165, 1.54) is 12.1 Å². The standard InChI is InChI=1S/C17H23NO6/c1-2-22-16(19)17(13-24-17)11-5-3-4-6-12-23-15-9-7-14(8-10-15)18(20)21/h7-10H,2-6,11-13H2,1H3. The Hall–Kier alpha value is -2.15. The second kappa shape index (κ2) is 8.63. The lowest BCUT2D eigenvalue weighted by Gasteiger charge is -2.10. The third-order valence-corrected chi connectivity index (χ3v) is 3.93. The largest absolute Gasteiger partial charge is 0.494 e. The Morgan fingerprint density at radius 1 is 1.25 bits per heavy atom. The van der Waals surface area contributed by atoms with Crippen molar-refractivity contribution in [3.05, 3.63) is 34.4 Å². The minimum Gasteiger partial charge on any atom is -0.494 e. The molecule has 0 amide bonds. The maximum atomic E-state index is 11.7. The molecule has 0 saturated carbocycles. The van der Waals surface area contributed by atoms with Gasteiger partial charge in [-0.15, -0.1) is 0 Å². The monoisotopic (exact) mass is 337 g/mol. The Balaban J connectivity index is 1.54. The van der Waals surface area contributed by atoms with Crippen LogP contribution in [0, 0.1) is 10.1 Å². The highest BCUT2D eigenvalue weighted by Gasteiger charge is 2.52. The third kappa shape index (κ3) is 5.19. The van der Waals surface area contributed by atoms with Crippen LogP contribution in [-0.4, -0.2) is 36.3 Å². The van der Waals surface area contributed by atoms with Gasteiger partial charge in [0.1, 0.15) is 5.75 Å². The lowest BCUT2D eigenvalue weighted by atomic mass is 10.0. The van der Waals surface area contributed by atoms with Crippen LogP contribution < -0.4 is 4.74 Å². The predicted molar refractivity (Wildman–Crippen MR) is 87.0 cm³/mol. The Labute approximate surface area is 141 Å². The van der Waals surface area contributed by atoms with Gasteiger partial charge in [0.2, 0.25) is 0 Å². The van der Waals surface area contributed by atoms with E-state index >= 15 is 0 Å². The summed E-state index contributed by atoms with van der Waals surface area (Å²) in [6, 6.07) is 6.07. The molecule has 1 unspecified atom stereocenters. The van der Waals surface area contributed by atoms with Crippen molar-refractivity contribution in [1.29, 1.82) is 0 Å². The molecule has 0 spiro atoms. The zero-order chi connectivity index (χ0) is 17.4. The highest BCUT2D eigenvalue weighted by atomic mass is 16.6. The van der Waals surface area contributed by atoms with Gasteiger partial charge < -0.3 is 14.2 Å². The maximum absolute atomic E-state index is 11.7. The highest BCUT2D eigenvalue weighted by molar-refractivity contribution is 5.82. The van der Waals surface area contributed by atoms with E-state index in [1.54, 1.807) is 19.1 Å². The van der Waals surface area contributed by atoms with Crippen LogP contribution in [0.25, 0.3) is 0 Å². The Morgan fingerprint density at radius 2 is 1.92 bits per heavy atom. The van der Waals surface area contributed by atoms with Crippen molar-refractivity contribution in [3.63, 3.8) is 0 Å². The molecule has 1 atom stereocenters. The van der Waals surface area contributed by atoms with Crippen molar-refractivity contribution >= 4 is 11.7 Å². The van der Waals surface area contributed by atoms with Crippen molar-refractivity contribution in [3.8, 4) is 5.75 Å². The number of esters is 1. The van der Waals surface area contributed by atoms with Gasteiger partial charge in [-0.2, -0.15) is 0 Å². The number of carbonyl (C=O) groups excluding carboxylic acids is 1. The van der Waals surface area contributed by atoms with E-state index in [-0.39, 0.29) is 11.7 Å². The van der Waals surface area contributed by atoms with Crippen LogP contribution in [-0.2, 0) is 14.3 Å². The molecule has 0 aromatic heterocycles. The number of ether oxygens (including phenoxy) is 3. The molecule has 0 radical (unpaired) electrons. The molecular weight excluding hydrogens is 314 g/mol. The molecule has 1 heterocycles. The number of nitro groups is 1. The number of benzene rings is 1. The summed E-state index contributed by atoms with van der Waals surface area (Å²) in [5.41, 5.74) is -0.620. The molecule has 7 heteroatoms. The molecule has 1 aliphatic rings. The van der Waals surface area contributed by atoms with Crippen LogP contribution >= 0.6 is 0 Å². The number of epoxide rings is 1. The van der Waals surface area contributed by atoms with Gasteiger partial charge in [0.25, 0.3) is 5.69 Å². The summed E-state index contributed by atoms with van der Waals surface area (Å²) >= 11 is 0. The van der Waals surface area contributed by atoms with Crippen LogP contribution in [0.4, 0.5) is 5.69 Å². The van der Waals surface area contributed by atoms with Gasteiger partial charge in [0, 0.05) is 12.1 Å². The van der Waals surface area contributed by atoms with Gasteiger partial charge in [0.15, 0.2) is 5.60 Å². The molecule has 132 valence electrons. The minimum absolute atomic E-state index is 0.0557. The molecule has 1 aromatic carbocycles. The van der Waals surface area contributed by atoms with Gasteiger partial charge in [-0.25, -0.2) is 4.79 Å². The smallest absolute Gasteiger partial charge is 0.340 e. The summed E-state index contributed by atoms with van der Waals surface area (Å²) in [4.78, 5) is 21.8. The lowest BCUT2D eigenvalue weighted by Crippen LogP contribution is -2.27. The van der Waals surface area contributed by atoms with Gasteiger partial charge in [-0.3, -0.25) is 10.1 Å². The molecule has 24 heavy (non-hydrogen) atoms. The maximum Gasteiger partial charge on any atom is 0.340 e. The summed E-state index contributed by atoms with van der Waals surface area (Å²) in [5, 5.41) is 10.6. The molecule has 1 aromatic rings. The van der Waals surface area contributed by atoms with Crippen LogP contribution in [0.1, 0.15) is 39.0 Å². The minimum atomic E-state index is -0.675. The fraction of sp³-hybridized carbons (Fsp3) is 0.588. The number of rotatable bonds is 11. The second-order valence-corrected chi connectivity index (χ2v) is 5.77. The Morgan fingerprint density at radius 3 is 2.50 bits per heavy atom. The van der Waals surface area contributed by atoms with Crippen LogP contribution in [0.15, 0.2) is 24.3 Å². The number of nitro benzene ring substituents is 1. The molecule has 0 N–H and O–H groups in total. The fourth-order valence-electron chi connectivity index (χ4n) is 2.43. The number of carbonyl (C=O) groups is 1. The second-order valence-electron chi connectivity index (χ2n) is 5.77. The quantitative estimate of drug-likeness (QED) is 0.202. The predicted octanol–water partition coefficient (Wildman–Crippen LogP) is 3.26. The number of hydrogen-bond acceptors (Lipinski definition) is 6. The third-order valence-electron chi connectivity index (χ3n) is 3.93. The average Bonchev–Trinajstić information content (AvgIpc) is 3.36. The van der Waals surface area contributed by atoms with E-state index in [0.717, 1.165) is 25.7 Å². The summed E-state index contributed by atoms with van der Waals surface area (Å²) in [7, 11) is 0. The van der Waals surface area contributed by atoms with Crippen molar-refractivity contribution < 1.29 is 23.9 Å². The van der Waals surface area contributed by atoms with Crippen molar-refractivity contribution in [2.45, 2.75) is 44.6 Å². The van der Waals surface area contributed by atoms with Crippen molar-refractivity contribution in [2.24, 2.45) is 0 Å². The summed E-state index contributed by atoms with van der Waals surface area (Å²) in [5.74, 6) is 0.389. The van der Waals surface area contributed by atoms with E-state index < -0.39 is 10.5 Å². The van der Waals surface area contributed by atoms with E-state index in [2.05, 4.69) is 0 Å². The number of nitrogens with zero attached hydrogens (tertiary/aromatic N) is 1. The first-order valence-electron chi connectivity index (χ1n) is 8.26. The van der Waals surface area contributed by atoms with Crippen LogP contribution in [0.3, 0.4) is 0 Å². The molecule has 0 aliphatic carbocycles. The first kappa shape index (κ1) is 18.2. The first-order valence-corrected chi connectivity index (χ1v) is 8.26. The van der Waals surface area contributed by atoms with Crippen LogP contribution in [0.2, 0.25) is 0 Å². The van der Waals surface area contributed by atoms with Gasteiger partial charge >= 0.3 is 5.97 Å². The molecule has 1 fully saturated rings. The lowest BCUT2D eigenvalue weighted by molar-refractivity contribution is -0.384. The molecular formula is C17H23NO6. The molecule has 0 bridgehead atoms. The van der Waals surface area contributed by atoms with E-state index in [1.807, 2.05) is 0 Å². The normalized spacial score (nSPS) is 18.9. The van der Waals surface area contributed by atoms with Gasteiger partial charge in [-0.05, 0) is 38.3 Å². The van der Waals surface area contributed by atoms with E-state index in [9.17, 15) is 14.9 Å². The molecule has 2 rings (SSSR count). The number of non-ortho nitro benzene ring substituents is 1. The van der Waals surface area contributed by atoms with E-state index in [0.29, 0.717) is 32.0 Å². The first-order chi connectivity index (χ1) is 11.6. The average molecular weight is 337 g/mol. The summed E-state index contributed by atoms with van der Waals surface area (Å²) in [6.45, 7) is 3.20. The van der Waals surface area contributed by atoms with Gasteiger partial charge in [0.05, 0.1) is 24.7 Å². The molecule has 1 aliphatic heterocycles. The zero-order valence-electron chi connectivity index (χ0n) is 13.9. The van der Waals surface area contributed by atoms with Crippen molar-refractivity contribution in [2.75, 3.05) is 19.8 Å². The van der Waals surface area contributed by atoms with Crippen LogP contribution in [0.5, 0.6) is 5.75 Å². The van der Waals surface area contributed by atoms with Crippen molar-refractivity contribution in [1.82, 2.24) is 0 Å². The Kier molecular flexibility index (Phi) is 6.54. The van der Waals surface area contributed by atoms with Gasteiger partial charge in [-0.1, -0.05) is 12.8 Å². The summed E-state index contributed by atoms with van der Waals surface area (Å²) in [6.07, 6.45) is 4.50. The Bertz CT molecular complexity index is 553. The summed E-state index contributed by atoms with van der Waals surface area (Å²) < 4.78 is 15.8. The zero-order valence-corrected chi connectivity index (χ0v) is 13.9. The highest BCUT2D eigenvalue weighted by Crippen LogP contribution is 2.34. The topological polar surface area (TPSA) is 91.2 Å². The SMILES string of the molecule is CCOC(=O)C1(CCCCCCOc2ccc([N+](=O)[O-])cc2)CO1. The fourth-order valence-corrected chi connectivity index (χ4v) is 2.43. The molecule has 1 saturated heterocycles. The molecule has 7 nitrogen and oxygen atoms in total. The number of unbranched alkanes of at least 4 members (excludes halogenated alkanes) is 3. The number of hydrogen-bond donors (Lipinski definition) is 0. The van der Waals surface area contributed by atoms with E-state index in [4.69, 9.17) is 14.2 Å².